The van der Waals surface area contributed by atoms with Gasteiger partial charge < -0.3 is 24.6 Å². The van der Waals surface area contributed by atoms with E-state index < -0.39 is 18.2 Å². The maximum absolute atomic E-state index is 12.4. The fourth-order valence-electron chi connectivity index (χ4n) is 3.42. The van der Waals surface area contributed by atoms with E-state index in [4.69, 9.17) is 14.2 Å². The highest BCUT2D eigenvalue weighted by molar-refractivity contribution is 5.80. The summed E-state index contributed by atoms with van der Waals surface area (Å²) in [7, 11) is 0. The number of carbonyl (C=O) groups excluding carboxylic acids is 1. The molecule has 3 rings (SSSR count). The Hall–Kier alpha value is -3.84. The Kier molecular flexibility index (Phi) is 9.69. The van der Waals surface area contributed by atoms with Gasteiger partial charge in [0.15, 0.2) is 12.2 Å². The van der Waals surface area contributed by atoms with Crippen LogP contribution in [0.5, 0.6) is 17.2 Å². The summed E-state index contributed by atoms with van der Waals surface area (Å²) in [5.74, 6) is 0.877. The minimum absolute atomic E-state index is 0.208. The van der Waals surface area contributed by atoms with Gasteiger partial charge in [-0.2, -0.15) is 0 Å². The maximum Gasteiger partial charge on any atom is 0.333 e. The molecule has 0 aliphatic carbocycles. The normalized spacial score (nSPS) is 12.4. The van der Waals surface area contributed by atoms with Crippen LogP contribution in [0.25, 0.3) is 0 Å². The zero-order valence-electron chi connectivity index (χ0n) is 20.0. The number of hydrogen-bond acceptors (Lipinski definition) is 5. The third-order valence-corrected chi connectivity index (χ3v) is 5.28. The highest BCUT2D eigenvalue weighted by Crippen LogP contribution is 2.21. The smallest absolute Gasteiger partial charge is 0.333 e. The van der Waals surface area contributed by atoms with Gasteiger partial charge in [-0.05, 0) is 67.8 Å². The molecule has 0 bridgehead atoms. The zero-order chi connectivity index (χ0) is 25.0. The minimum atomic E-state index is -0.992. The third kappa shape index (κ3) is 8.46. The van der Waals surface area contributed by atoms with E-state index in [0.29, 0.717) is 25.3 Å². The van der Waals surface area contributed by atoms with E-state index in [1.54, 1.807) is 38.1 Å². The van der Waals surface area contributed by atoms with Crippen LogP contribution in [-0.4, -0.2) is 42.3 Å². The molecule has 3 aromatic rings. The second-order valence-corrected chi connectivity index (χ2v) is 7.99. The molecule has 0 aliphatic rings. The lowest BCUT2D eigenvalue weighted by molar-refractivity contribution is -0.150. The van der Waals surface area contributed by atoms with Crippen molar-refractivity contribution in [1.82, 2.24) is 5.32 Å². The fourth-order valence-corrected chi connectivity index (χ4v) is 3.42. The highest BCUT2D eigenvalue weighted by Gasteiger charge is 2.18. The Labute approximate surface area is 205 Å². The number of amides is 1. The number of carboxylic acids is 1. The van der Waals surface area contributed by atoms with Crippen LogP contribution in [-0.2, 0) is 27.2 Å². The number of carbonyl (C=O) groups is 2. The van der Waals surface area contributed by atoms with Crippen molar-refractivity contribution in [3.8, 4) is 17.2 Å². The molecule has 7 nitrogen and oxygen atoms in total. The molecular weight excluding hydrogens is 446 g/mol. The van der Waals surface area contributed by atoms with Crippen molar-refractivity contribution in [2.45, 2.75) is 38.9 Å². The van der Waals surface area contributed by atoms with E-state index in [0.717, 1.165) is 22.6 Å². The number of hydrogen-bond donors (Lipinski definition) is 2. The van der Waals surface area contributed by atoms with E-state index in [-0.39, 0.29) is 12.3 Å². The first-order chi connectivity index (χ1) is 16.9. The second-order valence-electron chi connectivity index (χ2n) is 7.99. The average molecular weight is 478 g/mol. The summed E-state index contributed by atoms with van der Waals surface area (Å²) in [6.45, 7) is 4.27. The van der Waals surface area contributed by atoms with Gasteiger partial charge in [-0.25, -0.2) is 4.79 Å². The molecule has 0 saturated carbocycles. The summed E-state index contributed by atoms with van der Waals surface area (Å²) in [5.41, 5.74) is 1.90. The van der Waals surface area contributed by atoms with E-state index >= 15 is 0 Å². The molecule has 1 amide bonds. The molecule has 1 unspecified atom stereocenters. The first-order valence-corrected chi connectivity index (χ1v) is 11.6. The summed E-state index contributed by atoms with van der Waals surface area (Å²) >= 11 is 0. The first-order valence-electron chi connectivity index (χ1n) is 11.6. The highest BCUT2D eigenvalue weighted by atomic mass is 16.5. The van der Waals surface area contributed by atoms with Crippen molar-refractivity contribution in [3.63, 3.8) is 0 Å². The lowest BCUT2D eigenvalue weighted by atomic mass is 10.1. The van der Waals surface area contributed by atoms with Gasteiger partial charge in [0.05, 0.1) is 0 Å². The van der Waals surface area contributed by atoms with Crippen LogP contribution in [0.2, 0.25) is 0 Å². The Morgan fingerprint density at radius 1 is 0.857 bits per heavy atom. The Morgan fingerprint density at radius 2 is 1.46 bits per heavy atom. The van der Waals surface area contributed by atoms with Gasteiger partial charge in [-0.3, -0.25) is 4.79 Å². The molecule has 0 spiro atoms. The van der Waals surface area contributed by atoms with E-state index in [9.17, 15) is 14.7 Å². The molecular formula is C28H31NO6. The summed E-state index contributed by atoms with van der Waals surface area (Å²) in [6.07, 6.45) is -0.607. The number of aliphatic carboxylic acids is 1. The number of benzene rings is 3. The topological polar surface area (TPSA) is 94.1 Å². The Balaban J connectivity index is 1.41. The molecule has 0 saturated heterocycles. The lowest BCUT2D eigenvalue weighted by Gasteiger charge is -2.16. The van der Waals surface area contributed by atoms with Gasteiger partial charge >= 0.3 is 5.97 Å². The average Bonchev–Trinajstić information content (AvgIpc) is 2.86. The van der Waals surface area contributed by atoms with Crippen LogP contribution in [0.4, 0.5) is 0 Å². The molecule has 184 valence electrons. The van der Waals surface area contributed by atoms with Gasteiger partial charge in [0, 0.05) is 19.6 Å². The van der Waals surface area contributed by atoms with Crippen LogP contribution in [0.3, 0.4) is 0 Å². The van der Waals surface area contributed by atoms with Gasteiger partial charge in [0.25, 0.3) is 5.91 Å². The fraction of sp³-hybridized carbons (Fsp3) is 0.286. The van der Waals surface area contributed by atoms with Crippen molar-refractivity contribution < 1.29 is 28.9 Å². The van der Waals surface area contributed by atoms with Crippen molar-refractivity contribution in [2.24, 2.45) is 0 Å². The summed E-state index contributed by atoms with van der Waals surface area (Å²) in [5, 5.41) is 12.1. The number of rotatable bonds is 13. The van der Waals surface area contributed by atoms with Crippen molar-refractivity contribution >= 4 is 11.9 Å². The lowest BCUT2D eigenvalue weighted by Crippen LogP contribution is -2.37. The van der Waals surface area contributed by atoms with Gasteiger partial charge in [-0.1, -0.05) is 42.5 Å². The van der Waals surface area contributed by atoms with E-state index in [1.807, 2.05) is 54.6 Å². The molecule has 2 N–H and O–H groups in total. The summed E-state index contributed by atoms with van der Waals surface area (Å²) < 4.78 is 16.8. The maximum atomic E-state index is 12.4. The van der Waals surface area contributed by atoms with Crippen LogP contribution >= 0.6 is 0 Å². The van der Waals surface area contributed by atoms with E-state index in [1.165, 1.54) is 0 Å². The predicted octanol–water partition coefficient (Wildman–Crippen LogP) is 4.64. The van der Waals surface area contributed by atoms with Crippen LogP contribution in [0, 0.1) is 0 Å². The molecule has 0 aromatic heterocycles. The monoisotopic (exact) mass is 477 g/mol. The number of nitrogens with one attached hydrogen (secondary N) is 1. The Morgan fingerprint density at radius 3 is 2.09 bits per heavy atom. The number of para-hydroxylation sites is 1. The minimum Gasteiger partial charge on any atom is -0.481 e. The van der Waals surface area contributed by atoms with Crippen LogP contribution in [0.15, 0.2) is 78.9 Å². The molecule has 0 fully saturated rings. The Bertz CT molecular complexity index is 1070. The van der Waals surface area contributed by atoms with Crippen molar-refractivity contribution in [1.29, 1.82) is 0 Å². The predicted molar refractivity (Wildman–Crippen MR) is 133 cm³/mol. The van der Waals surface area contributed by atoms with Gasteiger partial charge in [0.1, 0.15) is 17.2 Å². The molecule has 0 radical (unpaired) electrons. The third-order valence-electron chi connectivity index (χ3n) is 5.28. The molecule has 2 atom stereocenters. The SMILES string of the molecule is CCO[C@H](Cc1ccc(OC(C)C(=O)NCCc2ccc(Oc3ccccc3)cc2)cc1)C(=O)O. The molecule has 3 aromatic carbocycles. The standard InChI is InChI=1S/C28H31NO6/c1-3-33-26(28(31)32)19-22-11-15-24(16-12-22)34-20(2)27(30)29-18-17-21-9-13-25(14-10-21)35-23-7-5-4-6-8-23/h4-16,20,26H,3,17-19H2,1-2H3,(H,29,30)(H,31,32)/t20?,26-/m1/s1. The van der Waals surface area contributed by atoms with Crippen molar-refractivity contribution in [2.75, 3.05) is 13.2 Å². The molecule has 0 heterocycles. The van der Waals surface area contributed by atoms with E-state index in [2.05, 4.69) is 5.32 Å². The van der Waals surface area contributed by atoms with Gasteiger partial charge in [0.2, 0.25) is 0 Å². The van der Waals surface area contributed by atoms with Crippen LogP contribution in [0.1, 0.15) is 25.0 Å². The number of ether oxygens (including phenoxy) is 3. The molecule has 35 heavy (non-hydrogen) atoms. The largest absolute Gasteiger partial charge is 0.481 e. The molecule has 0 aliphatic heterocycles. The summed E-state index contributed by atoms with van der Waals surface area (Å²) in [6, 6.07) is 24.4. The quantitative estimate of drug-likeness (QED) is 0.373. The molecule has 7 heteroatoms. The summed E-state index contributed by atoms with van der Waals surface area (Å²) in [4.78, 5) is 23.7. The van der Waals surface area contributed by atoms with Crippen molar-refractivity contribution in [3.05, 3.63) is 90.0 Å². The van der Waals surface area contributed by atoms with Crippen LogP contribution < -0.4 is 14.8 Å². The first kappa shape index (κ1) is 25.8. The zero-order valence-corrected chi connectivity index (χ0v) is 20.0. The van der Waals surface area contributed by atoms with Gasteiger partial charge in [-0.15, -0.1) is 0 Å². The second kappa shape index (κ2) is 13.2. The number of carboxylic acid groups (broad SMARTS) is 1.